The fourth-order valence-electron chi connectivity index (χ4n) is 2.83. The number of nitriles is 1. The predicted octanol–water partition coefficient (Wildman–Crippen LogP) is 3.53. The molecule has 7 heteroatoms. The van der Waals surface area contributed by atoms with E-state index in [-0.39, 0.29) is 5.41 Å². The van der Waals surface area contributed by atoms with Crippen molar-refractivity contribution in [2.24, 2.45) is 12.5 Å². The molecule has 0 spiro atoms. The van der Waals surface area contributed by atoms with Crippen molar-refractivity contribution in [1.29, 1.82) is 10.7 Å². The molecule has 142 valence electrons. The van der Waals surface area contributed by atoms with Gasteiger partial charge in [-0.15, -0.1) is 5.10 Å². The zero-order chi connectivity index (χ0) is 20.3. The Morgan fingerprint density at radius 1 is 1.29 bits per heavy atom. The van der Waals surface area contributed by atoms with Crippen LogP contribution in [0.5, 0.6) is 0 Å². The van der Waals surface area contributed by atoms with Gasteiger partial charge in [-0.2, -0.15) is 5.26 Å². The molecule has 2 aromatic heterocycles. The topological polar surface area (TPSA) is 103 Å². The van der Waals surface area contributed by atoms with Crippen LogP contribution < -0.4 is 5.32 Å². The molecule has 3 rings (SSSR count). The highest BCUT2D eigenvalue weighted by atomic mass is 15.4. The molecular weight excluding hydrogens is 350 g/mol. The van der Waals surface area contributed by atoms with Gasteiger partial charge in [-0.3, -0.25) is 0 Å². The summed E-state index contributed by atoms with van der Waals surface area (Å²) in [7, 11) is 1.84. The number of allylic oxidation sites excluding steroid dienone is 1. The SMILES string of the molecule is Cn1nnc2cc(-c3nc(C#N)ccc3/C(C=N)=C/NCC(C)(C)C)ccc21. The molecular formula is C21H23N7. The maximum absolute atomic E-state index is 9.29. The molecule has 0 fully saturated rings. The van der Waals surface area contributed by atoms with E-state index >= 15 is 0 Å². The Balaban J connectivity index is 2.09. The lowest BCUT2D eigenvalue weighted by molar-refractivity contribution is 0.403. The third-order valence-electron chi connectivity index (χ3n) is 4.25. The average molecular weight is 373 g/mol. The van der Waals surface area contributed by atoms with Gasteiger partial charge in [0.25, 0.3) is 0 Å². The largest absolute Gasteiger partial charge is 0.390 e. The molecule has 2 heterocycles. The van der Waals surface area contributed by atoms with Crippen molar-refractivity contribution in [1.82, 2.24) is 25.3 Å². The zero-order valence-electron chi connectivity index (χ0n) is 16.5. The highest BCUT2D eigenvalue weighted by Crippen LogP contribution is 2.29. The van der Waals surface area contributed by atoms with Crippen LogP contribution in [0.2, 0.25) is 0 Å². The minimum absolute atomic E-state index is 0.117. The first-order valence-corrected chi connectivity index (χ1v) is 8.98. The number of aromatic nitrogens is 4. The molecule has 0 unspecified atom stereocenters. The summed E-state index contributed by atoms with van der Waals surface area (Å²) >= 11 is 0. The van der Waals surface area contributed by atoms with Crippen LogP contribution in [0.1, 0.15) is 32.0 Å². The van der Waals surface area contributed by atoms with E-state index in [1.807, 2.05) is 37.5 Å². The van der Waals surface area contributed by atoms with Crippen LogP contribution in [-0.2, 0) is 7.05 Å². The summed E-state index contributed by atoms with van der Waals surface area (Å²) in [6, 6.07) is 11.4. The van der Waals surface area contributed by atoms with Gasteiger partial charge in [0.2, 0.25) is 0 Å². The predicted molar refractivity (Wildman–Crippen MR) is 111 cm³/mol. The Hall–Kier alpha value is -3.53. The van der Waals surface area contributed by atoms with E-state index in [2.05, 4.69) is 47.5 Å². The maximum atomic E-state index is 9.29. The number of benzene rings is 1. The summed E-state index contributed by atoms with van der Waals surface area (Å²) in [6.07, 6.45) is 3.12. The molecule has 0 atom stereocenters. The molecule has 1 aromatic carbocycles. The molecule has 0 saturated heterocycles. The number of hydrogen-bond donors (Lipinski definition) is 2. The molecule has 28 heavy (non-hydrogen) atoms. The lowest BCUT2D eigenvalue weighted by atomic mass is 9.96. The summed E-state index contributed by atoms with van der Waals surface area (Å²) in [5.41, 5.74) is 5.03. The average Bonchev–Trinajstić information content (AvgIpc) is 3.04. The van der Waals surface area contributed by atoms with Crippen molar-refractivity contribution in [2.45, 2.75) is 20.8 Å². The number of nitrogens with zero attached hydrogens (tertiary/aromatic N) is 5. The van der Waals surface area contributed by atoms with E-state index in [0.29, 0.717) is 17.0 Å². The first kappa shape index (κ1) is 19.2. The Labute approximate surface area is 164 Å². The Morgan fingerprint density at radius 3 is 2.75 bits per heavy atom. The fraction of sp³-hybridized carbons (Fsp3) is 0.286. The van der Waals surface area contributed by atoms with Gasteiger partial charge in [0.15, 0.2) is 0 Å². The number of hydrogen-bond acceptors (Lipinski definition) is 6. The summed E-state index contributed by atoms with van der Waals surface area (Å²) in [6.45, 7) is 7.20. The molecule has 3 aromatic rings. The molecule has 0 aliphatic rings. The molecule has 2 N–H and O–H groups in total. The second-order valence-electron chi connectivity index (χ2n) is 7.81. The maximum Gasteiger partial charge on any atom is 0.141 e. The third-order valence-corrected chi connectivity index (χ3v) is 4.25. The second-order valence-corrected chi connectivity index (χ2v) is 7.81. The van der Waals surface area contributed by atoms with Gasteiger partial charge in [-0.05, 0) is 29.7 Å². The molecule has 7 nitrogen and oxygen atoms in total. The fourth-order valence-corrected chi connectivity index (χ4v) is 2.83. The summed E-state index contributed by atoms with van der Waals surface area (Å²) in [5, 5.41) is 28.7. The van der Waals surface area contributed by atoms with Crippen molar-refractivity contribution in [3.8, 4) is 17.3 Å². The van der Waals surface area contributed by atoms with Crippen molar-refractivity contribution in [3.63, 3.8) is 0 Å². The van der Waals surface area contributed by atoms with E-state index in [9.17, 15) is 5.26 Å². The number of fused-ring (bicyclic) bond motifs is 1. The normalized spacial score (nSPS) is 12.0. The Bertz CT molecular complexity index is 1090. The van der Waals surface area contributed by atoms with E-state index in [4.69, 9.17) is 5.41 Å². The number of aryl methyl sites for hydroxylation is 1. The first-order valence-electron chi connectivity index (χ1n) is 8.98. The van der Waals surface area contributed by atoms with Gasteiger partial charge >= 0.3 is 0 Å². The van der Waals surface area contributed by atoms with Crippen LogP contribution in [-0.4, -0.2) is 32.7 Å². The molecule has 0 saturated carbocycles. The zero-order valence-corrected chi connectivity index (χ0v) is 16.5. The van der Waals surface area contributed by atoms with Crippen LogP contribution in [0.15, 0.2) is 36.5 Å². The lowest BCUT2D eigenvalue weighted by Crippen LogP contribution is -2.23. The van der Waals surface area contributed by atoms with Gasteiger partial charge in [0.1, 0.15) is 17.3 Å². The van der Waals surface area contributed by atoms with Gasteiger partial charge in [-0.25, -0.2) is 9.67 Å². The van der Waals surface area contributed by atoms with Crippen molar-refractivity contribution in [3.05, 3.63) is 47.8 Å². The standard InChI is InChI=1S/C21H23N7/c1-21(2,3)13-24-12-15(10-22)17-7-6-16(11-23)25-20(17)14-5-8-19-18(9-14)26-27-28(19)4/h5-10,12,22,24H,13H2,1-4H3/b15-12+,22-10?. The number of rotatable bonds is 5. The van der Waals surface area contributed by atoms with E-state index in [1.54, 1.807) is 10.7 Å². The monoisotopic (exact) mass is 373 g/mol. The van der Waals surface area contributed by atoms with Crippen molar-refractivity contribution < 1.29 is 0 Å². The minimum Gasteiger partial charge on any atom is -0.390 e. The van der Waals surface area contributed by atoms with E-state index < -0.39 is 0 Å². The van der Waals surface area contributed by atoms with Gasteiger partial charge in [0.05, 0.1) is 11.2 Å². The molecule has 0 aliphatic carbocycles. The number of nitrogens with one attached hydrogen (secondary N) is 2. The van der Waals surface area contributed by atoms with E-state index in [0.717, 1.165) is 28.7 Å². The van der Waals surface area contributed by atoms with Crippen molar-refractivity contribution in [2.75, 3.05) is 6.54 Å². The molecule has 0 bridgehead atoms. The molecule has 0 aliphatic heterocycles. The lowest BCUT2D eigenvalue weighted by Gasteiger charge is -2.18. The molecule has 0 radical (unpaired) electrons. The van der Waals surface area contributed by atoms with Gasteiger partial charge in [-0.1, -0.05) is 32.1 Å². The quantitative estimate of drug-likeness (QED) is 0.666. The van der Waals surface area contributed by atoms with Gasteiger partial charge in [0, 0.05) is 42.7 Å². The summed E-state index contributed by atoms with van der Waals surface area (Å²) < 4.78 is 1.71. The van der Waals surface area contributed by atoms with Crippen LogP contribution in [0.4, 0.5) is 0 Å². The van der Waals surface area contributed by atoms with Crippen LogP contribution in [0.25, 0.3) is 27.9 Å². The third kappa shape index (κ3) is 4.07. The van der Waals surface area contributed by atoms with Crippen LogP contribution in [0.3, 0.4) is 0 Å². The Morgan fingerprint density at radius 2 is 2.07 bits per heavy atom. The molecule has 0 amide bonds. The summed E-state index contributed by atoms with van der Waals surface area (Å²) in [5.74, 6) is 0. The van der Waals surface area contributed by atoms with Crippen molar-refractivity contribution >= 4 is 22.8 Å². The van der Waals surface area contributed by atoms with Crippen LogP contribution in [0, 0.1) is 22.2 Å². The van der Waals surface area contributed by atoms with Gasteiger partial charge < -0.3 is 10.7 Å². The number of pyridine rings is 1. The Kier molecular flexibility index (Phi) is 5.23. The minimum atomic E-state index is 0.117. The van der Waals surface area contributed by atoms with Crippen LogP contribution >= 0.6 is 0 Å². The second kappa shape index (κ2) is 7.61. The highest BCUT2D eigenvalue weighted by molar-refractivity contribution is 6.10. The first-order chi connectivity index (χ1) is 13.3. The smallest absolute Gasteiger partial charge is 0.141 e. The summed E-state index contributed by atoms with van der Waals surface area (Å²) in [4.78, 5) is 4.51. The van der Waals surface area contributed by atoms with E-state index in [1.165, 1.54) is 6.21 Å². The highest BCUT2D eigenvalue weighted by Gasteiger charge is 2.14.